The Morgan fingerprint density at radius 2 is 0.979 bits per heavy atom. The van der Waals surface area contributed by atoms with E-state index in [1.54, 1.807) is 0 Å². The number of carboxylic acids is 2. The average molecular weight is 695 g/mol. The van der Waals surface area contributed by atoms with E-state index < -0.39 is 41.7 Å². The molecule has 0 rings (SSSR count). The molecule has 0 spiro atoms. The molecule has 0 aliphatic rings. The minimum atomic E-state index is -1.23. The third-order valence-electron chi connectivity index (χ3n) is 8.04. The molecule has 12 nitrogen and oxygen atoms in total. The van der Waals surface area contributed by atoms with Crippen molar-refractivity contribution in [3.63, 3.8) is 0 Å². The molecule has 13 heteroatoms. The fraction of sp³-hybridized carbons (Fsp3) is 0.857. The van der Waals surface area contributed by atoms with Gasteiger partial charge in [-0.15, -0.1) is 0 Å². The van der Waals surface area contributed by atoms with E-state index >= 15 is 0 Å². The van der Waals surface area contributed by atoms with E-state index in [1.807, 2.05) is 0 Å². The van der Waals surface area contributed by atoms with E-state index in [0.29, 0.717) is 25.8 Å². The largest absolute Gasteiger partial charge is 0.480 e. The first kappa shape index (κ1) is 50.8. The fourth-order valence-electron chi connectivity index (χ4n) is 5.00. The molecule has 2 atom stereocenters. The third kappa shape index (κ3) is 33.0. The van der Waals surface area contributed by atoms with Crippen molar-refractivity contribution in [1.82, 2.24) is 10.4 Å². The number of amides is 3. The zero-order chi connectivity index (χ0) is 35.7. The van der Waals surface area contributed by atoms with Gasteiger partial charge in [0.05, 0.1) is 0 Å². The SMILES string of the molecule is CCCCCCCCCCCC(=O)N(N[C@@H](CCC(N)=O)C(=O)O)C(=O)CCCCCCCCCCC.NCCCC[C@H](N)C(=O)O.[Na]. The quantitative estimate of drug-likeness (QED) is 0.0302. The van der Waals surface area contributed by atoms with Crippen LogP contribution in [0.4, 0.5) is 0 Å². The number of carbonyl (C=O) groups excluding carboxylic acids is 3. The van der Waals surface area contributed by atoms with Crippen molar-refractivity contribution in [2.45, 2.75) is 186 Å². The second-order valence-corrected chi connectivity index (χ2v) is 12.5. The molecule has 0 aromatic carbocycles. The molecule has 0 bridgehead atoms. The Morgan fingerprint density at radius 1 is 0.583 bits per heavy atom. The number of carboxylic acid groups (broad SMARTS) is 2. The number of imide groups is 1. The van der Waals surface area contributed by atoms with Gasteiger partial charge in [0.15, 0.2) is 0 Å². The van der Waals surface area contributed by atoms with Crippen molar-refractivity contribution >= 4 is 59.2 Å². The topological polar surface area (TPSA) is 219 Å². The van der Waals surface area contributed by atoms with E-state index in [2.05, 4.69) is 19.3 Å². The first-order valence-corrected chi connectivity index (χ1v) is 18.3. The molecule has 0 fully saturated rings. The number of nitrogens with zero attached hydrogens (tertiary/aromatic N) is 1. The van der Waals surface area contributed by atoms with Crippen molar-refractivity contribution in [3.05, 3.63) is 0 Å². The van der Waals surface area contributed by atoms with Crippen LogP contribution in [-0.2, 0) is 24.0 Å². The molecule has 0 aromatic rings. The zero-order valence-electron chi connectivity index (χ0n) is 30.7. The van der Waals surface area contributed by atoms with Crippen LogP contribution in [0.15, 0.2) is 0 Å². The van der Waals surface area contributed by atoms with Crippen molar-refractivity contribution in [1.29, 1.82) is 0 Å². The molecule has 0 aromatic heterocycles. The summed E-state index contributed by atoms with van der Waals surface area (Å²) < 4.78 is 0. The van der Waals surface area contributed by atoms with Crippen LogP contribution in [0, 0.1) is 0 Å². The Kier molecular flexibility index (Phi) is 38.8. The van der Waals surface area contributed by atoms with Crippen LogP contribution in [0.1, 0.15) is 174 Å². The summed E-state index contributed by atoms with van der Waals surface area (Å²) in [6.07, 6.45) is 22.3. The van der Waals surface area contributed by atoms with Gasteiger partial charge in [0, 0.05) is 48.8 Å². The van der Waals surface area contributed by atoms with Crippen LogP contribution < -0.4 is 22.6 Å². The van der Waals surface area contributed by atoms with Crippen molar-refractivity contribution < 1.29 is 34.2 Å². The first-order chi connectivity index (χ1) is 22.5. The first-order valence-electron chi connectivity index (χ1n) is 18.3. The molecule has 0 unspecified atom stereocenters. The Balaban J connectivity index is -0.00000158. The van der Waals surface area contributed by atoms with Gasteiger partial charge >= 0.3 is 11.9 Å². The number of unbranched alkanes of at least 4 members (excludes halogenated alkanes) is 17. The van der Waals surface area contributed by atoms with Crippen molar-refractivity contribution in [3.8, 4) is 0 Å². The molecule has 48 heavy (non-hydrogen) atoms. The smallest absolute Gasteiger partial charge is 0.322 e. The number of hydrogen-bond acceptors (Lipinski definition) is 8. The number of rotatable bonds is 31. The number of hydrazine groups is 1. The van der Waals surface area contributed by atoms with E-state index in [-0.39, 0.29) is 55.2 Å². The molecular weight excluding hydrogens is 625 g/mol. The standard InChI is InChI=1S/C29H55N3O5.C6H14N2O2.Na/c1-3-5-7-9-11-13-15-17-19-21-27(34)32(31-25(29(36)37)23-24-26(30)33)28(35)22-20-18-16-14-12-10-8-6-4-2;7-4-2-1-3-5(8)6(9)10;/h25,31H,3-24H2,1-2H3,(H2,30,33)(H,36,37);5H,1-4,7-8H2,(H,9,10);/t25-;5-;/m00./s1. The second kappa shape index (κ2) is 36.7. The summed E-state index contributed by atoms with van der Waals surface area (Å²) in [6, 6.07) is -1.95. The Bertz CT molecular complexity index is 801. The minimum absolute atomic E-state index is 0. The van der Waals surface area contributed by atoms with Crippen molar-refractivity contribution in [2.75, 3.05) is 6.54 Å². The van der Waals surface area contributed by atoms with Crippen molar-refractivity contribution in [2.24, 2.45) is 17.2 Å². The number of primary amides is 1. The van der Waals surface area contributed by atoms with Gasteiger partial charge in [0.1, 0.15) is 12.1 Å². The number of aliphatic carboxylic acids is 2. The molecule has 0 aliphatic carbocycles. The monoisotopic (exact) mass is 695 g/mol. The molecule has 0 saturated heterocycles. The van der Waals surface area contributed by atoms with E-state index in [0.717, 1.165) is 56.4 Å². The molecule has 0 saturated carbocycles. The third-order valence-corrected chi connectivity index (χ3v) is 8.04. The summed E-state index contributed by atoms with van der Waals surface area (Å²) in [6.45, 7) is 5.01. The molecule has 9 N–H and O–H groups in total. The number of nitrogens with one attached hydrogen (secondary N) is 1. The van der Waals surface area contributed by atoms with E-state index in [4.69, 9.17) is 22.3 Å². The van der Waals surface area contributed by atoms with Crippen LogP contribution in [0.25, 0.3) is 0 Å². The summed E-state index contributed by atoms with van der Waals surface area (Å²) in [5.41, 5.74) is 18.2. The molecule has 0 heterocycles. The Labute approximate surface area is 312 Å². The zero-order valence-corrected chi connectivity index (χ0v) is 32.7. The van der Waals surface area contributed by atoms with Gasteiger partial charge in [-0.05, 0) is 38.6 Å². The number of carbonyl (C=O) groups is 5. The average Bonchev–Trinajstić information content (AvgIpc) is 3.03. The summed E-state index contributed by atoms with van der Waals surface area (Å²) in [5.74, 6) is -3.60. The van der Waals surface area contributed by atoms with Crippen LogP contribution in [0.2, 0.25) is 0 Å². The van der Waals surface area contributed by atoms with Crippen LogP contribution in [0.5, 0.6) is 0 Å². The van der Waals surface area contributed by atoms with Gasteiger partial charge in [-0.25, -0.2) is 10.4 Å². The maximum atomic E-state index is 12.9. The summed E-state index contributed by atoms with van der Waals surface area (Å²) in [4.78, 5) is 58.8. The van der Waals surface area contributed by atoms with Crippen LogP contribution in [0.3, 0.4) is 0 Å². The Morgan fingerprint density at radius 3 is 1.31 bits per heavy atom. The van der Waals surface area contributed by atoms with Crippen LogP contribution >= 0.6 is 0 Å². The maximum Gasteiger partial charge on any atom is 0.322 e. The number of nitrogens with two attached hydrogens (primary N) is 3. The van der Waals surface area contributed by atoms with Gasteiger partial charge in [-0.2, -0.15) is 0 Å². The van der Waals surface area contributed by atoms with E-state index in [9.17, 15) is 29.1 Å². The van der Waals surface area contributed by atoms with Gasteiger partial charge in [-0.3, -0.25) is 24.0 Å². The van der Waals surface area contributed by atoms with Gasteiger partial charge in [0.25, 0.3) is 0 Å². The molecule has 3 amide bonds. The maximum absolute atomic E-state index is 12.9. The van der Waals surface area contributed by atoms with Gasteiger partial charge in [0.2, 0.25) is 17.7 Å². The Hall–Kier alpha value is -1.57. The summed E-state index contributed by atoms with van der Waals surface area (Å²) >= 11 is 0. The van der Waals surface area contributed by atoms with Gasteiger partial charge in [-0.1, -0.05) is 123 Å². The molecular formula is C35H69N5NaO7. The summed E-state index contributed by atoms with van der Waals surface area (Å²) in [7, 11) is 0. The van der Waals surface area contributed by atoms with Crippen LogP contribution in [-0.4, -0.2) is 93.1 Å². The van der Waals surface area contributed by atoms with E-state index in [1.165, 1.54) is 64.2 Å². The summed E-state index contributed by atoms with van der Waals surface area (Å²) in [5, 5.41) is 18.8. The molecule has 277 valence electrons. The van der Waals surface area contributed by atoms with Gasteiger partial charge < -0.3 is 27.4 Å². The second-order valence-electron chi connectivity index (χ2n) is 12.5. The molecule has 1 radical (unpaired) electrons. The predicted molar refractivity (Wildman–Crippen MR) is 193 cm³/mol. The minimum Gasteiger partial charge on any atom is -0.480 e. The molecule has 0 aliphatic heterocycles. The predicted octanol–water partition coefficient (Wildman–Crippen LogP) is 5.55. The normalized spacial score (nSPS) is 11.8. The fourth-order valence-corrected chi connectivity index (χ4v) is 5.00. The number of hydrogen-bond donors (Lipinski definition) is 6.